The van der Waals surface area contributed by atoms with Crippen molar-refractivity contribution in [1.29, 1.82) is 0 Å². The number of dihydropyridines is 1. The quantitative estimate of drug-likeness (QED) is 0.691. The van der Waals surface area contributed by atoms with Crippen molar-refractivity contribution in [2.24, 2.45) is 5.92 Å². The zero-order valence-corrected chi connectivity index (χ0v) is 18.6. The second-order valence-electron chi connectivity index (χ2n) is 8.40. The van der Waals surface area contributed by atoms with E-state index in [4.69, 9.17) is 9.47 Å². The highest BCUT2D eigenvalue weighted by Gasteiger charge is 2.40. The molecule has 2 aromatic rings. The molecule has 2 N–H and O–H groups in total. The highest BCUT2D eigenvalue weighted by atomic mass is 16.5. The molecular weight excluding hydrogens is 406 g/mol. The van der Waals surface area contributed by atoms with E-state index in [0.717, 1.165) is 17.5 Å². The van der Waals surface area contributed by atoms with Crippen LogP contribution in [0.15, 0.2) is 71.1 Å². The molecule has 2 aliphatic heterocycles. The topological polar surface area (TPSA) is 84.9 Å². The van der Waals surface area contributed by atoms with Crippen LogP contribution in [-0.2, 0) is 20.7 Å². The average molecular weight is 434 g/mol. The van der Waals surface area contributed by atoms with Gasteiger partial charge in [-0.2, -0.15) is 0 Å². The minimum atomic E-state index is -1.09. The van der Waals surface area contributed by atoms with Gasteiger partial charge in [0.15, 0.2) is 0 Å². The Kier molecular flexibility index (Phi) is 5.78. The number of ether oxygens (including phenoxy) is 2. The van der Waals surface area contributed by atoms with Gasteiger partial charge in [-0.1, -0.05) is 55.5 Å². The predicted octanol–water partition coefficient (Wildman–Crippen LogP) is 4.49. The first-order chi connectivity index (χ1) is 15.3. The molecule has 0 amide bonds. The zero-order valence-electron chi connectivity index (χ0n) is 18.6. The van der Waals surface area contributed by atoms with Crippen LogP contribution in [0, 0.1) is 5.92 Å². The van der Waals surface area contributed by atoms with Crippen molar-refractivity contribution in [3.63, 3.8) is 0 Å². The molecule has 0 saturated carbocycles. The summed E-state index contributed by atoms with van der Waals surface area (Å²) in [7, 11) is 1.30. The first-order valence-corrected chi connectivity index (χ1v) is 10.7. The molecular formula is C26H27NO5. The van der Waals surface area contributed by atoms with Gasteiger partial charge in [-0.3, -0.25) is 0 Å². The van der Waals surface area contributed by atoms with Crippen LogP contribution in [0.3, 0.4) is 0 Å². The molecule has 3 atom stereocenters. The summed E-state index contributed by atoms with van der Waals surface area (Å²) in [5.74, 6) is -1.57. The first-order valence-electron chi connectivity index (χ1n) is 10.7. The lowest BCUT2D eigenvalue weighted by molar-refractivity contribution is -0.136. The molecule has 2 aliphatic rings. The van der Waals surface area contributed by atoms with Gasteiger partial charge in [0.1, 0.15) is 11.9 Å². The number of fused-ring (bicyclic) bond motifs is 1. The standard InChI is InChI=1S/C26H27NO5/c1-14-13-18-11-8-12-19(24(18)32-23(14)17-9-6-5-7-10-17)22-20(25(28)29)15(2)27-16(3)21(22)26(30)31-4/h5-12,14,22-23,27H,13H2,1-4H3,(H,28,29). The van der Waals surface area contributed by atoms with Crippen molar-refractivity contribution in [3.05, 3.63) is 87.8 Å². The summed E-state index contributed by atoms with van der Waals surface area (Å²) in [5, 5.41) is 13.1. The number of aliphatic carboxylic acids is 1. The number of carboxylic acid groups (broad SMARTS) is 1. The number of benzene rings is 2. The number of nitrogens with one attached hydrogen (secondary N) is 1. The third kappa shape index (κ3) is 3.66. The smallest absolute Gasteiger partial charge is 0.336 e. The number of carbonyl (C=O) groups is 2. The van der Waals surface area contributed by atoms with Crippen LogP contribution >= 0.6 is 0 Å². The number of esters is 1. The molecule has 0 bridgehead atoms. The van der Waals surface area contributed by atoms with Crippen LogP contribution in [0.5, 0.6) is 5.75 Å². The van der Waals surface area contributed by atoms with Crippen LogP contribution in [0.2, 0.25) is 0 Å². The second kappa shape index (κ2) is 8.54. The fourth-order valence-electron chi connectivity index (χ4n) is 4.84. The van der Waals surface area contributed by atoms with Crippen LogP contribution in [0.4, 0.5) is 0 Å². The Morgan fingerprint density at radius 2 is 1.72 bits per heavy atom. The molecule has 2 heterocycles. The molecule has 0 aliphatic carbocycles. The minimum Gasteiger partial charge on any atom is -0.485 e. The van der Waals surface area contributed by atoms with E-state index >= 15 is 0 Å². The molecule has 0 aromatic heterocycles. The van der Waals surface area contributed by atoms with Crippen molar-refractivity contribution < 1.29 is 24.2 Å². The van der Waals surface area contributed by atoms with Gasteiger partial charge in [0.25, 0.3) is 0 Å². The van der Waals surface area contributed by atoms with Gasteiger partial charge in [0.05, 0.1) is 24.2 Å². The molecule has 6 heteroatoms. The van der Waals surface area contributed by atoms with Crippen LogP contribution in [0.25, 0.3) is 0 Å². The Morgan fingerprint density at radius 1 is 1.03 bits per heavy atom. The van der Waals surface area contributed by atoms with Gasteiger partial charge in [-0.15, -0.1) is 0 Å². The lowest BCUT2D eigenvalue weighted by Gasteiger charge is -2.36. The maximum Gasteiger partial charge on any atom is 0.336 e. The lowest BCUT2D eigenvalue weighted by atomic mass is 9.78. The molecule has 0 radical (unpaired) electrons. The third-order valence-corrected chi connectivity index (χ3v) is 6.27. The van der Waals surface area contributed by atoms with Crippen molar-refractivity contribution in [1.82, 2.24) is 5.32 Å². The monoisotopic (exact) mass is 433 g/mol. The largest absolute Gasteiger partial charge is 0.485 e. The number of allylic oxidation sites excluding steroid dienone is 2. The number of carboxylic acids is 1. The number of rotatable bonds is 4. The molecule has 0 spiro atoms. The van der Waals surface area contributed by atoms with E-state index in [1.807, 2.05) is 48.5 Å². The summed E-state index contributed by atoms with van der Waals surface area (Å²) in [5.41, 5.74) is 4.19. The zero-order chi connectivity index (χ0) is 23.0. The van der Waals surface area contributed by atoms with Gasteiger partial charge < -0.3 is 19.9 Å². The highest BCUT2D eigenvalue weighted by Crippen LogP contribution is 2.47. The van der Waals surface area contributed by atoms with E-state index < -0.39 is 17.9 Å². The van der Waals surface area contributed by atoms with Crippen molar-refractivity contribution in [2.75, 3.05) is 7.11 Å². The summed E-state index contributed by atoms with van der Waals surface area (Å²) in [6.07, 6.45) is 0.617. The Labute approximate surface area is 187 Å². The Hall–Kier alpha value is -3.54. The molecule has 0 saturated heterocycles. The summed E-state index contributed by atoms with van der Waals surface area (Å²) < 4.78 is 11.6. The van der Waals surface area contributed by atoms with E-state index in [-0.39, 0.29) is 23.2 Å². The van der Waals surface area contributed by atoms with Crippen LogP contribution in [-0.4, -0.2) is 24.2 Å². The molecule has 32 heavy (non-hydrogen) atoms. The number of carbonyl (C=O) groups excluding carboxylic acids is 1. The number of hydrogen-bond acceptors (Lipinski definition) is 5. The summed E-state index contributed by atoms with van der Waals surface area (Å²) in [6.45, 7) is 5.61. The van der Waals surface area contributed by atoms with Crippen molar-refractivity contribution >= 4 is 11.9 Å². The average Bonchev–Trinajstić information content (AvgIpc) is 2.77. The van der Waals surface area contributed by atoms with Gasteiger partial charge in [-0.05, 0) is 31.4 Å². The SMILES string of the molecule is COC(=O)C1=C(C)NC(C)=C(C(=O)O)C1c1cccc2c1OC(c1ccccc1)C(C)C2. The van der Waals surface area contributed by atoms with E-state index in [9.17, 15) is 14.7 Å². The molecule has 6 nitrogen and oxygen atoms in total. The molecule has 2 aromatic carbocycles. The summed E-state index contributed by atoms with van der Waals surface area (Å²) in [4.78, 5) is 25.1. The fourth-order valence-corrected chi connectivity index (χ4v) is 4.84. The number of para-hydroxylation sites is 1. The van der Waals surface area contributed by atoms with Crippen LogP contribution < -0.4 is 10.1 Å². The maximum atomic E-state index is 12.8. The summed E-state index contributed by atoms with van der Waals surface area (Å²) in [6, 6.07) is 15.8. The molecule has 3 unspecified atom stereocenters. The molecule has 166 valence electrons. The van der Waals surface area contributed by atoms with E-state index in [1.54, 1.807) is 13.8 Å². The lowest BCUT2D eigenvalue weighted by Crippen LogP contribution is -2.32. The van der Waals surface area contributed by atoms with Gasteiger partial charge >= 0.3 is 11.9 Å². The molecule has 0 fully saturated rings. The van der Waals surface area contributed by atoms with Crippen molar-refractivity contribution in [3.8, 4) is 5.75 Å². The first kappa shape index (κ1) is 21.7. The Balaban J connectivity index is 1.89. The fraction of sp³-hybridized carbons (Fsp3) is 0.308. The van der Waals surface area contributed by atoms with Crippen molar-refractivity contribution in [2.45, 2.75) is 39.2 Å². The number of hydrogen-bond donors (Lipinski definition) is 2. The second-order valence-corrected chi connectivity index (χ2v) is 8.40. The van der Waals surface area contributed by atoms with Gasteiger partial charge in [0.2, 0.25) is 0 Å². The van der Waals surface area contributed by atoms with E-state index in [2.05, 4.69) is 12.2 Å². The minimum absolute atomic E-state index is 0.114. The number of methoxy groups -OCH3 is 1. The predicted molar refractivity (Wildman–Crippen MR) is 120 cm³/mol. The van der Waals surface area contributed by atoms with E-state index in [1.165, 1.54) is 7.11 Å². The third-order valence-electron chi connectivity index (χ3n) is 6.27. The normalized spacial score (nSPS) is 22.6. The van der Waals surface area contributed by atoms with Crippen LogP contribution in [0.1, 0.15) is 49.5 Å². The Bertz CT molecular complexity index is 1130. The summed E-state index contributed by atoms with van der Waals surface area (Å²) >= 11 is 0. The van der Waals surface area contributed by atoms with E-state index in [0.29, 0.717) is 22.7 Å². The highest BCUT2D eigenvalue weighted by molar-refractivity contribution is 5.99. The Morgan fingerprint density at radius 3 is 2.38 bits per heavy atom. The van der Waals surface area contributed by atoms with Gasteiger partial charge in [0, 0.05) is 22.9 Å². The van der Waals surface area contributed by atoms with Gasteiger partial charge in [-0.25, -0.2) is 9.59 Å². The molecule has 4 rings (SSSR count). The maximum absolute atomic E-state index is 12.8.